The molecule has 0 bridgehead atoms. The molecule has 1 aromatic rings. The van der Waals surface area contributed by atoms with Crippen LogP contribution in [0.4, 0.5) is 0 Å². The first-order chi connectivity index (χ1) is 8.08. The van der Waals surface area contributed by atoms with E-state index in [1.54, 1.807) is 0 Å². The molecule has 90 valence electrons. The summed E-state index contributed by atoms with van der Waals surface area (Å²) in [5.41, 5.74) is 12.9. The van der Waals surface area contributed by atoms with Gasteiger partial charge in [0, 0.05) is 11.5 Å². The van der Waals surface area contributed by atoms with Crippen LogP contribution in [0.2, 0.25) is 0 Å². The van der Waals surface area contributed by atoms with Gasteiger partial charge in [0.1, 0.15) is 0 Å². The minimum atomic E-state index is 0.216. The van der Waals surface area contributed by atoms with Crippen LogP contribution in [0, 0.1) is 19.8 Å². The third-order valence-electron chi connectivity index (χ3n) is 2.91. The smallest absolute Gasteiger partial charge is 0.184 e. The van der Waals surface area contributed by atoms with Crippen molar-refractivity contribution in [1.82, 2.24) is 5.43 Å². The minimum absolute atomic E-state index is 0.216. The van der Waals surface area contributed by atoms with E-state index in [9.17, 15) is 0 Å². The van der Waals surface area contributed by atoms with E-state index >= 15 is 0 Å². The number of nitrogens with two attached hydrogens (primary N) is 1. The Bertz CT molecular complexity index is 476. The van der Waals surface area contributed by atoms with Crippen molar-refractivity contribution >= 4 is 23.0 Å². The summed E-state index contributed by atoms with van der Waals surface area (Å²) in [6.07, 6.45) is 2.40. The third kappa shape index (κ3) is 3.03. The first-order valence-electron chi connectivity index (χ1n) is 5.78. The second-order valence-electron chi connectivity index (χ2n) is 4.57. The molecule has 0 saturated heterocycles. The molecule has 0 spiro atoms. The summed E-state index contributed by atoms with van der Waals surface area (Å²) in [4.78, 5) is 0. The first-order valence-corrected chi connectivity index (χ1v) is 6.19. The number of nitrogens with zero attached hydrogens (tertiary/aromatic N) is 1. The predicted octanol–water partition coefficient (Wildman–Crippen LogP) is 2.25. The van der Waals surface area contributed by atoms with Gasteiger partial charge in [-0.05, 0) is 44.5 Å². The van der Waals surface area contributed by atoms with Crippen LogP contribution in [0.1, 0.15) is 29.5 Å². The number of hydrazone groups is 1. The second kappa shape index (κ2) is 4.84. The van der Waals surface area contributed by atoms with Crippen molar-refractivity contribution < 1.29 is 0 Å². The molecule has 1 fully saturated rings. The Morgan fingerprint density at radius 1 is 1.41 bits per heavy atom. The molecule has 0 aliphatic heterocycles. The molecule has 0 atom stereocenters. The van der Waals surface area contributed by atoms with Gasteiger partial charge in [0.05, 0.1) is 5.71 Å². The fourth-order valence-corrected chi connectivity index (χ4v) is 1.99. The number of nitrogens with one attached hydrogen (secondary N) is 1. The molecule has 0 unspecified atom stereocenters. The molecule has 0 radical (unpaired) electrons. The Morgan fingerprint density at radius 3 is 2.65 bits per heavy atom. The quantitative estimate of drug-likeness (QED) is 0.489. The maximum Gasteiger partial charge on any atom is 0.184 e. The van der Waals surface area contributed by atoms with E-state index in [0.29, 0.717) is 5.92 Å². The van der Waals surface area contributed by atoms with Crippen LogP contribution in [0.5, 0.6) is 0 Å². The SMILES string of the molecule is Cc1ccc(/C(=N/NC(N)=S)C2CC2)c(C)c1. The lowest BCUT2D eigenvalue weighted by Crippen LogP contribution is -2.26. The Kier molecular flexibility index (Phi) is 3.43. The van der Waals surface area contributed by atoms with Gasteiger partial charge in [0.25, 0.3) is 0 Å². The van der Waals surface area contributed by atoms with E-state index in [1.807, 2.05) is 0 Å². The zero-order chi connectivity index (χ0) is 12.4. The highest BCUT2D eigenvalue weighted by Crippen LogP contribution is 2.34. The maximum atomic E-state index is 5.41. The summed E-state index contributed by atoms with van der Waals surface area (Å²) < 4.78 is 0. The van der Waals surface area contributed by atoms with Gasteiger partial charge in [-0.3, -0.25) is 5.43 Å². The van der Waals surface area contributed by atoms with E-state index in [2.05, 4.69) is 42.6 Å². The number of hydrogen-bond acceptors (Lipinski definition) is 2. The molecule has 1 saturated carbocycles. The molecule has 1 aliphatic carbocycles. The summed E-state index contributed by atoms with van der Waals surface area (Å²) in [6.45, 7) is 4.21. The highest BCUT2D eigenvalue weighted by molar-refractivity contribution is 7.80. The van der Waals surface area contributed by atoms with E-state index < -0.39 is 0 Å². The topological polar surface area (TPSA) is 50.4 Å². The van der Waals surface area contributed by atoms with Crippen molar-refractivity contribution in [1.29, 1.82) is 0 Å². The van der Waals surface area contributed by atoms with Gasteiger partial charge in [-0.1, -0.05) is 23.8 Å². The van der Waals surface area contributed by atoms with Crippen molar-refractivity contribution in [3.63, 3.8) is 0 Å². The summed E-state index contributed by atoms with van der Waals surface area (Å²) in [5.74, 6) is 0.554. The Hall–Kier alpha value is -1.42. The van der Waals surface area contributed by atoms with Crippen LogP contribution >= 0.6 is 12.2 Å². The number of thiocarbonyl (C=S) groups is 1. The van der Waals surface area contributed by atoms with Gasteiger partial charge in [-0.15, -0.1) is 0 Å². The lowest BCUT2D eigenvalue weighted by molar-refractivity contribution is 0.996. The highest BCUT2D eigenvalue weighted by atomic mass is 32.1. The predicted molar refractivity (Wildman–Crippen MR) is 75.1 cm³/mol. The van der Waals surface area contributed by atoms with Gasteiger partial charge < -0.3 is 5.73 Å². The van der Waals surface area contributed by atoms with Crippen molar-refractivity contribution in [2.75, 3.05) is 0 Å². The summed E-state index contributed by atoms with van der Waals surface area (Å²) in [7, 11) is 0. The van der Waals surface area contributed by atoms with Gasteiger partial charge >= 0.3 is 0 Å². The highest BCUT2D eigenvalue weighted by Gasteiger charge is 2.29. The normalized spacial score (nSPS) is 15.8. The maximum absolute atomic E-state index is 5.41. The Balaban J connectivity index is 2.32. The van der Waals surface area contributed by atoms with Crippen LogP contribution < -0.4 is 11.2 Å². The van der Waals surface area contributed by atoms with Crippen LogP contribution in [-0.4, -0.2) is 10.8 Å². The second-order valence-corrected chi connectivity index (χ2v) is 5.01. The van der Waals surface area contributed by atoms with Crippen molar-refractivity contribution in [2.45, 2.75) is 26.7 Å². The Labute approximate surface area is 107 Å². The largest absolute Gasteiger partial charge is 0.375 e. The number of hydrogen-bond donors (Lipinski definition) is 2. The van der Waals surface area contributed by atoms with Gasteiger partial charge in [-0.25, -0.2) is 0 Å². The van der Waals surface area contributed by atoms with Gasteiger partial charge in [-0.2, -0.15) is 5.10 Å². The molecule has 2 rings (SSSR count). The van der Waals surface area contributed by atoms with Crippen molar-refractivity contribution in [3.05, 3.63) is 34.9 Å². The summed E-state index contributed by atoms with van der Waals surface area (Å²) in [6, 6.07) is 6.41. The fourth-order valence-electron chi connectivity index (χ4n) is 1.94. The third-order valence-corrected chi connectivity index (χ3v) is 3.00. The number of aryl methyl sites for hydroxylation is 2. The zero-order valence-corrected chi connectivity index (χ0v) is 11.0. The number of benzene rings is 1. The molecule has 1 aliphatic rings. The molecule has 0 heterocycles. The molecular formula is C13H17N3S. The number of rotatable bonds is 3. The minimum Gasteiger partial charge on any atom is -0.375 e. The van der Waals surface area contributed by atoms with E-state index in [1.165, 1.54) is 29.5 Å². The van der Waals surface area contributed by atoms with Crippen LogP contribution in [0.15, 0.2) is 23.3 Å². The average molecular weight is 247 g/mol. The fraction of sp³-hybridized carbons (Fsp3) is 0.385. The molecule has 0 amide bonds. The van der Waals surface area contributed by atoms with E-state index in [4.69, 9.17) is 18.0 Å². The van der Waals surface area contributed by atoms with Gasteiger partial charge in [0.2, 0.25) is 0 Å². The molecule has 1 aromatic carbocycles. The molecule has 0 aromatic heterocycles. The molecular weight excluding hydrogens is 230 g/mol. The monoisotopic (exact) mass is 247 g/mol. The van der Waals surface area contributed by atoms with E-state index in [-0.39, 0.29) is 5.11 Å². The molecule has 3 nitrogen and oxygen atoms in total. The van der Waals surface area contributed by atoms with Gasteiger partial charge in [0.15, 0.2) is 5.11 Å². The van der Waals surface area contributed by atoms with E-state index in [0.717, 1.165) is 5.71 Å². The molecule has 17 heavy (non-hydrogen) atoms. The van der Waals surface area contributed by atoms with Crippen LogP contribution in [0.25, 0.3) is 0 Å². The lowest BCUT2D eigenvalue weighted by Gasteiger charge is -2.10. The first kappa shape index (κ1) is 12.0. The zero-order valence-electron chi connectivity index (χ0n) is 10.2. The van der Waals surface area contributed by atoms with Crippen LogP contribution in [0.3, 0.4) is 0 Å². The molecule has 4 heteroatoms. The average Bonchev–Trinajstić information content (AvgIpc) is 3.04. The van der Waals surface area contributed by atoms with Crippen molar-refractivity contribution in [2.24, 2.45) is 16.8 Å². The lowest BCUT2D eigenvalue weighted by atomic mass is 9.99. The van der Waals surface area contributed by atoms with Crippen LogP contribution in [-0.2, 0) is 0 Å². The van der Waals surface area contributed by atoms with Crippen molar-refractivity contribution in [3.8, 4) is 0 Å². The standard InChI is InChI=1S/C13H17N3S/c1-8-3-6-11(9(2)7-8)12(10-4-5-10)15-16-13(14)17/h3,6-7,10H,4-5H2,1-2H3,(H3,14,16,17)/b15-12+. The summed E-state index contributed by atoms with van der Waals surface area (Å²) in [5, 5.41) is 4.56. The Morgan fingerprint density at radius 2 is 2.12 bits per heavy atom. The molecule has 3 N–H and O–H groups in total. The summed E-state index contributed by atoms with van der Waals surface area (Å²) >= 11 is 4.78.